The molecule has 3 aromatic rings. The lowest BCUT2D eigenvalue weighted by Gasteiger charge is -2.15. The van der Waals surface area contributed by atoms with Crippen LogP contribution in [0.5, 0.6) is 0 Å². The van der Waals surface area contributed by atoms with Crippen LogP contribution in [0.3, 0.4) is 0 Å². The minimum atomic E-state index is -0.583. The van der Waals surface area contributed by atoms with Crippen LogP contribution in [-0.2, 0) is 11.3 Å². The minimum Gasteiger partial charge on any atom is -0.366 e. The third-order valence-electron chi connectivity index (χ3n) is 4.60. The molecule has 6 heteroatoms. The lowest BCUT2D eigenvalue weighted by molar-refractivity contribution is -0.114. The Labute approximate surface area is 154 Å². The monoisotopic (exact) mass is 363 g/mol. The van der Waals surface area contributed by atoms with Gasteiger partial charge in [-0.15, -0.1) is 11.3 Å². The molecule has 0 unspecified atom stereocenters. The number of fused-ring (bicyclic) bond motifs is 3. The molecular weight excluding hydrogens is 346 g/mol. The van der Waals surface area contributed by atoms with E-state index in [1.165, 1.54) is 0 Å². The zero-order valence-electron chi connectivity index (χ0n) is 14.3. The van der Waals surface area contributed by atoms with Crippen molar-refractivity contribution < 1.29 is 9.59 Å². The van der Waals surface area contributed by atoms with Gasteiger partial charge in [-0.2, -0.15) is 0 Å². The summed E-state index contributed by atoms with van der Waals surface area (Å²) < 4.78 is 0. The predicted molar refractivity (Wildman–Crippen MR) is 103 cm³/mol. The lowest BCUT2D eigenvalue weighted by atomic mass is 9.99. The quantitative estimate of drug-likeness (QED) is 0.723. The van der Waals surface area contributed by atoms with Crippen LogP contribution in [-0.4, -0.2) is 28.2 Å². The molecule has 0 spiro atoms. The number of aromatic nitrogens is 1. The van der Waals surface area contributed by atoms with Gasteiger partial charge in [0.2, 0.25) is 5.91 Å². The fourth-order valence-electron chi connectivity index (χ4n) is 3.24. The summed E-state index contributed by atoms with van der Waals surface area (Å²) in [6, 6.07) is 10.00. The number of thiazole rings is 1. The normalized spacial score (nSPS) is 13.3. The van der Waals surface area contributed by atoms with E-state index in [0.717, 1.165) is 31.8 Å². The lowest BCUT2D eigenvalue weighted by Crippen LogP contribution is -2.30. The van der Waals surface area contributed by atoms with E-state index < -0.39 is 5.91 Å². The fourth-order valence-corrected chi connectivity index (χ4v) is 4.00. The second-order valence-corrected chi connectivity index (χ2v) is 7.67. The average Bonchev–Trinajstić information content (AvgIpc) is 3.19. The molecule has 1 aliphatic rings. The summed E-state index contributed by atoms with van der Waals surface area (Å²) >= 11 is 1.64. The van der Waals surface area contributed by atoms with Crippen molar-refractivity contribution >= 4 is 33.9 Å². The Morgan fingerprint density at radius 1 is 1.35 bits per heavy atom. The molecule has 0 fully saturated rings. The van der Waals surface area contributed by atoms with Gasteiger partial charge in [0.15, 0.2) is 0 Å². The number of aryl methyl sites for hydroxylation is 1. The third kappa shape index (κ3) is 2.68. The van der Waals surface area contributed by atoms with Crippen LogP contribution in [0.25, 0.3) is 21.3 Å². The number of nitrogens with two attached hydrogens (primary N) is 1. The summed E-state index contributed by atoms with van der Waals surface area (Å²) in [4.78, 5) is 31.2. The van der Waals surface area contributed by atoms with Crippen LogP contribution in [0, 0.1) is 6.92 Å². The van der Waals surface area contributed by atoms with Gasteiger partial charge in [-0.1, -0.05) is 24.8 Å². The summed E-state index contributed by atoms with van der Waals surface area (Å²) in [5, 5.41) is 3.07. The third-order valence-corrected chi connectivity index (χ3v) is 5.56. The number of carbonyl (C=O) groups is 2. The highest BCUT2D eigenvalue weighted by molar-refractivity contribution is 7.14. The number of carbonyl (C=O) groups excluding carboxylic acids is 2. The first-order valence-corrected chi connectivity index (χ1v) is 9.01. The van der Waals surface area contributed by atoms with E-state index in [0.29, 0.717) is 12.1 Å². The summed E-state index contributed by atoms with van der Waals surface area (Å²) in [7, 11) is 0. The number of nitrogens with zero attached hydrogens (tertiary/aromatic N) is 2. The van der Waals surface area contributed by atoms with Gasteiger partial charge < -0.3 is 10.6 Å². The number of hydrogen-bond donors (Lipinski definition) is 1. The van der Waals surface area contributed by atoms with Crippen LogP contribution in [0.15, 0.2) is 48.7 Å². The molecule has 26 heavy (non-hydrogen) atoms. The molecule has 0 saturated heterocycles. The van der Waals surface area contributed by atoms with E-state index in [9.17, 15) is 9.59 Å². The molecule has 0 atom stereocenters. The van der Waals surface area contributed by atoms with Crippen molar-refractivity contribution in [3.8, 4) is 10.6 Å². The predicted octanol–water partition coefficient (Wildman–Crippen LogP) is 3.27. The van der Waals surface area contributed by atoms with E-state index in [2.05, 4.69) is 29.8 Å². The topological polar surface area (TPSA) is 76.3 Å². The van der Waals surface area contributed by atoms with Crippen molar-refractivity contribution in [2.45, 2.75) is 13.5 Å². The Bertz CT molecular complexity index is 1080. The highest BCUT2D eigenvalue weighted by atomic mass is 32.1. The molecule has 0 saturated carbocycles. The zero-order valence-corrected chi connectivity index (χ0v) is 15.1. The largest absolute Gasteiger partial charge is 0.366 e. The van der Waals surface area contributed by atoms with Gasteiger partial charge in [0.05, 0.1) is 6.54 Å². The maximum atomic E-state index is 12.7. The van der Waals surface area contributed by atoms with E-state index in [4.69, 9.17) is 5.73 Å². The first-order valence-electron chi connectivity index (χ1n) is 8.19. The van der Waals surface area contributed by atoms with Gasteiger partial charge in [0.1, 0.15) is 5.01 Å². The molecular formula is C20H17N3O2S. The Kier molecular flexibility index (Phi) is 3.85. The molecule has 0 radical (unpaired) electrons. The SMILES string of the molecule is C=C(CN1Cc2c(ccc3ccc(-c4ncc(C)s4)cc23)C1=O)C(N)=O. The highest BCUT2D eigenvalue weighted by Gasteiger charge is 2.29. The van der Waals surface area contributed by atoms with Gasteiger partial charge in [-0.05, 0) is 35.4 Å². The Morgan fingerprint density at radius 3 is 2.81 bits per heavy atom. The molecule has 0 bridgehead atoms. The van der Waals surface area contributed by atoms with Crippen molar-refractivity contribution in [2.24, 2.45) is 5.73 Å². The Morgan fingerprint density at radius 2 is 2.12 bits per heavy atom. The highest BCUT2D eigenvalue weighted by Crippen LogP contribution is 2.34. The standard InChI is InChI=1S/C20H17N3O2S/c1-11(18(21)24)9-23-10-17-15(20(23)25)6-5-13-3-4-14(7-16(13)17)19-22-8-12(2)26-19/h3-8H,1,9-10H2,2H3,(H2,21,24). The summed E-state index contributed by atoms with van der Waals surface area (Å²) in [6.07, 6.45) is 1.86. The summed E-state index contributed by atoms with van der Waals surface area (Å²) in [6.45, 7) is 6.28. The van der Waals surface area contributed by atoms with Crippen LogP contribution < -0.4 is 5.73 Å². The van der Waals surface area contributed by atoms with Gasteiger partial charge in [0, 0.05) is 34.3 Å². The van der Waals surface area contributed by atoms with Gasteiger partial charge in [0.25, 0.3) is 5.91 Å². The second kappa shape index (κ2) is 6.07. The van der Waals surface area contributed by atoms with Crippen LogP contribution in [0.4, 0.5) is 0 Å². The summed E-state index contributed by atoms with van der Waals surface area (Å²) in [5.74, 6) is -0.681. The van der Waals surface area contributed by atoms with E-state index in [1.54, 1.807) is 16.2 Å². The van der Waals surface area contributed by atoms with Crippen molar-refractivity contribution in [2.75, 3.05) is 6.54 Å². The van der Waals surface area contributed by atoms with Gasteiger partial charge in [-0.25, -0.2) is 4.98 Å². The number of hydrogen-bond acceptors (Lipinski definition) is 4. The summed E-state index contributed by atoms with van der Waals surface area (Å²) in [5.41, 5.74) is 8.17. The Hall–Kier alpha value is -2.99. The minimum absolute atomic E-state index is 0.0974. The van der Waals surface area contributed by atoms with Gasteiger partial charge in [-0.3, -0.25) is 9.59 Å². The van der Waals surface area contributed by atoms with Crippen LogP contribution >= 0.6 is 11.3 Å². The molecule has 2 aromatic carbocycles. The molecule has 130 valence electrons. The number of benzene rings is 2. The number of amides is 2. The molecule has 1 aliphatic heterocycles. The smallest absolute Gasteiger partial charge is 0.254 e. The van der Waals surface area contributed by atoms with Crippen molar-refractivity contribution in [3.63, 3.8) is 0 Å². The molecule has 1 aromatic heterocycles. The first-order chi connectivity index (χ1) is 12.4. The molecule has 2 heterocycles. The second-order valence-electron chi connectivity index (χ2n) is 6.43. The zero-order chi connectivity index (χ0) is 18.4. The molecule has 5 nitrogen and oxygen atoms in total. The van der Waals surface area contributed by atoms with Crippen molar-refractivity contribution in [1.82, 2.24) is 9.88 Å². The van der Waals surface area contributed by atoms with Crippen LogP contribution in [0.1, 0.15) is 20.8 Å². The first kappa shape index (κ1) is 16.5. The number of rotatable bonds is 4. The molecule has 2 N–H and O–H groups in total. The maximum absolute atomic E-state index is 12.7. The van der Waals surface area contributed by atoms with E-state index >= 15 is 0 Å². The van der Waals surface area contributed by atoms with E-state index in [-0.39, 0.29) is 18.0 Å². The molecule has 2 amide bonds. The van der Waals surface area contributed by atoms with Crippen molar-refractivity contribution in [1.29, 1.82) is 0 Å². The fraction of sp³-hybridized carbons (Fsp3) is 0.150. The average molecular weight is 363 g/mol. The van der Waals surface area contributed by atoms with Crippen LogP contribution in [0.2, 0.25) is 0 Å². The van der Waals surface area contributed by atoms with Gasteiger partial charge >= 0.3 is 0 Å². The molecule has 0 aliphatic carbocycles. The van der Waals surface area contributed by atoms with Crippen molar-refractivity contribution in [3.05, 3.63) is 64.7 Å². The van der Waals surface area contributed by atoms with E-state index in [1.807, 2.05) is 25.3 Å². The molecule has 4 rings (SSSR count). The number of primary amides is 1. The Balaban J connectivity index is 1.77. The maximum Gasteiger partial charge on any atom is 0.254 e.